The number of aromatic nitrogens is 1. The molecule has 8 heteroatoms. The van der Waals surface area contributed by atoms with Gasteiger partial charge in [0.15, 0.2) is 0 Å². The first-order valence-corrected chi connectivity index (χ1v) is 8.81. The first-order chi connectivity index (χ1) is 12.5. The van der Waals surface area contributed by atoms with Crippen LogP contribution in [0.25, 0.3) is 0 Å². The van der Waals surface area contributed by atoms with Crippen LogP contribution in [-0.2, 0) is 11.2 Å². The van der Waals surface area contributed by atoms with Crippen LogP contribution in [0.1, 0.15) is 18.4 Å². The third kappa shape index (κ3) is 4.29. The van der Waals surface area contributed by atoms with E-state index in [0.29, 0.717) is 25.3 Å². The topological polar surface area (TPSA) is 88.4 Å². The van der Waals surface area contributed by atoms with Gasteiger partial charge in [0.25, 0.3) is 5.69 Å². The van der Waals surface area contributed by atoms with Crippen molar-refractivity contribution in [3.8, 4) is 0 Å². The second-order valence-corrected chi connectivity index (χ2v) is 6.59. The molecule has 0 bridgehead atoms. The smallest absolute Gasteiger partial charge is 0.289 e. The molecule has 26 heavy (non-hydrogen) atoms. The minimum atomic E-state index is -0.558. The van der Waals surface area contributed by atoms with Gasteiger partial charge in [0, 0.05) is 19.2 Å². The largest absolute Gasteiger partial charge is 0.357 e. The van der Waals surface area contributed by atoms with E-state index in [1.807, 2.05) is 23.1 Å². The summed E-state index contributed by atoms with van der Waals surface area (Å²) < 4.78 is 0. The van der Waals surface area contributed by atoms with E-state index in [2.05, 4.69) is 22.4 Å². The fourth-order valence-electron chi connectivity index (χ4n) is 3.01. The van der Waals surface area contributed by atoms with E-state index < -0.39 is 11.0 Å². The minimum absolute atomic E-state index is 0.00859. The molecule has 1 N–H and O–H groups in total. The highest BCUT2D eigenvalue weighted by molar-refractivity contribution is 6.33. The van der Waals surface area contributed by atoms with Crippen molar-refractivity contribution < 1.29 is 9.72 Å². The van der Waals surface area contributed by atoms with Gasteiger partial charge >= 0.3 is 0 Å². The van der Waals surface area contributed by atoms with Crippen molar-refractivity contribution in [3.63, 3.8) is 0 Å². The van der Waals surface area contributed by atoms with Gasteiger partial charge in [-0.15, -0.1) is 0 Å². The predicted octanol–water partition coefficient (Wildman–Crippen LogP) is 3.29. The quantitative estimate of drug-likeness (QED) is 0.593. The van der Waals surface area contributed by atoms with Crippen LogP contribution in [-0.4, -0.2) is 39.8 Å². The van der Waals surface area contributed by atoms with Crippen molar-refractivity contribution in [2.45, 2.75) is 25.3 Å². The van der Waals surface area contributed by atoms with Gasteiger partial charge in [-0.1, -0.05) is 41.9 Å². The minimum Gasteiger partial charge on any atom is -0.357 e. The summed E-state index contributed by atoms with van der Waals surface area (Å²) in [6.07, 6.45) is 3.61. The monoisotopic (exact) mass is 374 g/mol. The van der Waals surface area contributed by atoms with Crippen LogP contribution in [0.2, 0.25) is 5.02 Å². The van der Waals surface area contributed by atoms with Crippen LogP contribution in [0.3, 0.4) is 0 Å². The summed E-state index contributed by atoms with van der Waals surface area (Å²) in [7, 11) is 0. The molecule has 0 saturated carbocycles. The number of pyridine rings is 1. The number of carbonyl (C=O) groups is 1. The zero-order chi connectivity index (χ0) is 18.5. The molecule has 1 atom stereocenters. The Labute approximate surface area is 156 Å². The standard InChI is InChI=1S/C18H19ClN4O3/c19-15-11-14(23(25)26)12-20-17(15)21-16-8-10-22(18(16)24)9-4-7-13-5-2-1-3-6-13/h1-3,5-6,11-12,16H,4,7-10H2,(H,20,21). The van der Waals surface area contributed by atoms with Gasteiger partial charge in [-0.25, -0.2) is 4.98 Å². The average molecular weight is 375 g/mol. The Morgan fingerprint density at radius 1 is 1.35 bits per heavy atom. The summed E-state index contributed by atoms with van der Waals surface area (Å²) >= 11 is 6.03. The molecule has 1 unspecified atom stereocenters. The molecule has 1 aromatic carbocycles. The molecule has 1 aliphatic rings. The summed E-state index contributed by atoms with van der Waals surface area (Å²) in [5.41, 5.74) is 1.08. The van der Waals surface area contributed by atoms with Crippen LogP contribution < -0.4 is 5.32 Å². The van der Waals surface area contributed by atoms with E-state index in [-0.39, 0.29) is 16.6 Å². The number of nitro groups is 1. The van der Waals surface area contributed by atoms with Crippen molar-refractivity contribution in [2.75, 3.05) is 18.4 Å². The highest BCUT2D eigenvalue weighted by atomic mass is 35.5. The maximum absolute atomic E-state index is 12.5. The van der Waals surface area contributed by atoms with E-state index in [1.54, 1.807) is 0 Å². The molecule has 0 aliphatic carbocycles. The lowest BCUT2D eigenvalue weighted by molar-refractivity contribution is -0.385. The number of halogens is 1. The molecule has 1 aliphatic heterocycles. The normalized spacial score (nSPS) is 16.7. The molecule has 3 rings (SSSR count). The number of benzene rings is 1. The highest BCUT2D eigenvalue weighted by Crippen LogP contribution is 2.26. The van der Waals surface area contributed by atoms with Crippen LogP contribution in [0.5, 0.6) is 0 Å². The van der Waals surface area contributed by atoms with Crippen LogP contribution in [0.15, 0.2) is 42.6 Å². The summed E-state index contributed by atoms with van der Waals surface area (Å²) in [5, 5.41) is 13.9. The molecule has 136 valence electrons. The maximum atomic E-state index is 12.5. The summed E-state index contributed by atoms with van der Waals surface area (Å²) in [4.78, 5) is 28.5. The number of hydrogen-bond donors (Lipinski definition) is 1. The van der Waals surface area contributed by atoms with Gasteiger partial charge in [-0.2, -0.15) is 0 Å². The fourth-order valence-corrected chi connectivity index (χ4v) is 3.23. The molecule has 0 spiro atoms. The zero-order valence-corrected chi connectivity index (χ0v) is 14.9. The number of carbonyl (C=O) groups excluding carboxylic acids is 1. The van der Waals surface area contributed by atoms with E-state index in [9.17, 15) is 14.9 Å². The lowest BCUT2D eigenvalue weighted by atomic mass is 10.1. The molecular weight excluding hydrogens is 356 g/mol. The van der Waals surface area contributed by atoms with E-state index >= 15 is 0 Å². The Balaban J connectivity index is 1.53. The molecule has 2 heterocycles. The number of hydrogen-bond acceptors (Lipinski definition) is 5. The Kier molecular flexibility index (Phi) is 5.68. The second kappa shape index (κ2) is 8.14. The molecule has 0 radical (unpaired) electrons. The van der Waals surface area contributed by atoms with Crippen molar-refractivity contribution in [1.29, 1.82) is 0 Å². The number of likely N-dealkylation sites (tertiary alicyclic amines) is 1. The van der Waals surface area contributed by atoms with Gasteiger partial charge in [0.1, 0.15) is 18.1 Å². The molecule has 1 fully saturated rings. The highest BCUT2D eigenvalue weighted by Gasteiger charge is 2.31. The van der Waals surface area contributed by atoms with Gasteiger partial charge < -0.3 is 10.2 Å². The maximum Gasteiger partial charge on any atom is 0.289 e. The van der Waals surface area contributed by atoms with Crippen molar-refractivity contribution in [2.24, 2.45) is 0 Å². The number of nitrogens with one attached hydrogen (secondary N) is 1. The molecule has 1 amide bonds. The lowest BCUT2D eigenvalue weighted by Gasteiger charge is -2.17. The second-order valence-electron chi connectivity index (χ2n) is 6.18. The predicted molar refractivity (Wildman–Crippen MR) is 99.3 cm³/mol. The molecule has 2 aromatic rings. The Morgan fingerprint density at radius 2 is 2.12 bits per heavy atom. The molecule has 1 saturated heterocycles. The van der Waals surface area contributed by atoms with E-state index in [4.69, 9.17) is 11.6 Å². The van der Waals surface area contributed by atoms with Gasteiger partial charge in [0.2, 0.25) is 5.91 Å². The lowest BCUT2D eigenvalue weighted by Crippen LogP contribution is -2.34. The van der Waals surface area contributed by atoms with Crippen LogP contribution >= 0.6 is 11.6 Å². The fraction of sp³-hybridized carbons (Fsp3) is 0.333. The van der Waals surface area contributed by atoms with Gasteiger partial charge in [0.05, 0.1) is 9.95 Å². The first kappa shape index (κ1) is 18.1. The third-order valence-electron chi connectivity index (χ3n) is 4.38. The summed E-state index contributed by atoms with van der Waals surface area (Å²) in [6.45, 7) is 1.38. The van der Waals surface area contributed by atoms with Gasteiger partial charge in [-0.3, -0.25) is 14.9 Å². The Hall–Kier alpha value is -2.67. The molecular formula is C18H19ClN4O3. The molecule has 1 aromatic heterocycles. The number of nitrogens with zero attached hydrogens (tertiary/aromatic N) is 3. The average Bonchev–Trinajstić information content (AvgIpc) is 2.97. The van der Waals surface area contributed by atoms with Gasteiger partial charge in [-0.05, 0) is 24.8 Å². The SMILES string of the molecule is O=C1C(Nc2ncc([N+](=O)[O-])cc2Cl)CCN1CCCc1ccccc1. The number of anilines is 1. The number of amides is 1. The number of aryl methyl sites for hydroxylation is 1. The zero-order valence-electron chi connectivity index (χ0n) is 14.1. The van der Waals surface area contributed by atoms with Crippen LogP contribution in [0.4, 0.5) is 11.5 Å². The Bertz CT molecular complexity index is 800. The summed E-state index contributed by atoms with van der Waals surface area (Å²) in [6, 6.07) is 11.0. The van der Waals surface area contributed by atoms with Crippen molar-refractivity contribution in [1.82, 2.24) is 9.88 Å². The Morgan fingerprint density at radius 3 is 2.81 bits per heavy atom. The van der Waals surface area contributed by atoms with Crippen molar-refractivity contribution >= 4 is 29.0 Å². The van der Waals surface area contributed by atoms with E-state index in [0.717, 1.165) is 19.0 Å². The first-order valence-electron chi connectivity index (χ1n) is 8.44. The summed E-state index contributed by atoms with van der Waals surface area (Å²) in [5.74, 6) is 0.302. The number of rotatable bonds is 7. The molecule has 7 nitrogen and oxygen atoms in total. The van der Waals surface area contributed by atoms with Crippen molar-refractivity contribution in [3.05, 3.63) is 63.3 Å². The van der Waals surface area contributed by atoms with E-state index in [1.165, 1.54) is 11.6 Å². The third-order valence-corrected chi connectivity index (χ3v) is 4.67. The van der Waals surface area contributed by atoms with Crippen LogP contribution in [0, 0.1) is 10.1 Å².